The molecule has 2 aromatic heterocycles. The monoisotopic (exact) mass is 522 g/mol. The van der Waals surface area contributed by atoms with Crippen molar-refractivity contribution in [3.8, 4) is 0 Å². The Morgan fingerprint density at radius 1 is 0.757 bits per heavy atom. The third kappa shape index (κ3) is 14.2. The van der Waals surface area contributed by atoms with E-state index in [9.17, 15) is 14.0 Å². The molecule has 0 unspecified atom stereocenters. The first kappa shape index (κ1) is 33.8. The van der Waals surface area contributed by atoms with Gasteiger partial charge in [-0.25, -0.2) is 19.6 Å². The van der Waals surface area contributed by atoms with Crippen LogP contribution in [0.4, 0.5) is 10.2 Å². The zero-order chi connectivity index (χ0) is 28.2. The number of hydrogen-bond donors (Lipinski definition) is 3. The van der Waals surface area contributed by atoms with E-state index in [1.807, 2.05) is 27.7 Å². The van der Waals surface area contributed by atoms with Crippen molar-refractivity contribution in [1.82, 2.24) is 25.1 Å². The predicted octanol–water partition coefficient (Wildman–Crippen LogP) is 3.02. The highest BCUT2D eigenvalue weighted by Gasteiger charge is 2.15. The number of piperazine rings is 2. The highest BCUT2D eigenvalue weighted by molar-refractivity contribution is 5.87. The number of rotatable bonds is 3. The van der Waals surface area contributed by atoms with Crippen LogP contribution in [-0.2, 0) is 0 Å². The minimum Gasteiger partial charge on any atom is -0.478 e. The molecule has 4 heterocycles. The molecule has 0 spiro atoms. The summed E-state index contributed by atoms with van der Waals surface area (Å²) in [6.07, 6.45) is 2.38. The lowest BCUT2D eigenvalue weighted by Gasteiger charge is -2.33. The van der Waals surface area contributed by atoms with E-state index in [0.717, 1.165) is 63.4 Å². The summed E-state index contributed by atoms with van der Waals surface area (Å²) < 4.78 is 12.0. The molecule has 0 radical (unpaired) electrons. The van der Waals surface area contributed by atoms with Crippen LogP contribution in [0.1, 0.15) is 48.4 Å². The summed E-state index contributed by atoms with van der Waals surface area (Å²) in [4.78, 5) is 34.9. The lowest BCUT2D eigenvalue weighted by molar-refractivity contribution is 0.0685. The van der Waals surface area contributed by atoms with E-state index >= 15 is 0 Å². The molecule has 0 bridgehead atoms. The molecule has 2 fully saturated rings. The van der Waals surface area contributed by atoms with Crippen molar-refractivity contribution in [2.45, 2.75) is 27.7 Å². The topological polar surface area (TPSA) is 122 Å². The molecule has 37 heavy (non-hydrogen) atoms. The van der Waals surface area contributed by atoms with Gasteiger partial charge in [0.25, 0.3) is 0 Å². The van der Waals surface area contributed by atoms with Crippen LogP contribution in [0.3, 0.4) is 0 Å². The van der Waals surface area contributed by atoms with Gasteiger partial charge in [-0.3, -0.25) is 0 Å². The van der Waals surface area contributed by atoms with E-state index in [1.165, 1.54) is 19.3 Å². The van der Waals surface area contributed by atoms with Crippen molar-refractivity contribution in [2.75, 3.05) is 71.4 Å². The van der Waals surface area contributed by atoms with Gasteiger partial charge < -0.3 is 30.2 Å². The Morgan fingerprint density at radius 3 is 1.57 bits per heavy atom. The van der Waals surface area contributed by atoms with E-state index in [2.05, 4.69) is 44.1 Å². The van der Waals surface area contributed by atoms with Crippen LogP contribution in [-0.4, -0.2) is 108 Å². The maximum absolute atomic E-state index is 12.0. The molecular weight excluding hydrogens is 479 g/mol. The number of carbonyl (C=O) groups is 2. The number of halogens is 1. The van der Waals surface area contributed by atoms with Crippen LogP contribution in [0.2, 0.25) is 0 Å². The Labute approximate surface area is 220 Å². The summed E-state index contributed by atoms with van der Waals surface area (Å²) in [6, 6.07) is 5.53. The molecule has 0 aromatic carbocycles. The third-order valence-corrected chi connectivity index (χ3v) is 5.14. The van der Waals surface area contributed by atoms with Crippen LogP contribution in [0, 0.1) is 5.95 Å². The first-order chi connectivity index (χ1) is 17.8. The van der Waals surface area contributed by atoms with Crippen molar-refractivity contribution in [3.05, 3.63) is 53.7 Å². The molecule has 0 atom stereocenters. The van der Waals surface area contributed by atoms with Crippen molar-refractivity contribution in [2.24, 2.45) is 0 Å². The largest absolute Gasteiger partial charge is 0.478 e. The maximum Gasteiger partial charge on any atom is 0.337 e. The van der Waals surface area contributed by atoms with Gasteiger partial charge in [-0.2, -0.15) is 4.39 Å². The fourth-order valence-electron chi connectivity index (χ4n) is 3.01. The lowest BCUT2D eigenvalue weighted by atomic mass is 10.2. The van der Waals surface area contributed by atoms with Gasteiger partial charge in [0.1, 0.15) is 5.82 Å². The molecule has 0 saturated carbocycles. The molecular formula is C26H43FN6O4. The lowest BCUT2D eigenvalue weighted by Crippen LogP contribution is -2.44. The van der Waals surface area contributed by atoms with Crippen LogP contribution in [0.5, 0.6) is 0 Å². The molecule has 0 aliphatic carbocycles. The number of hydrogen-bond acceptors (Lipinski definition) is 8. The molecule has 4 rings (SSSR count). The highest BCUT2D eigenvalue weighted by Crippen LogP contribution is 2.13. The fraction of sp³-hybridized carbons (Fsp3) is 0.538. The summed E-state index contributed by atoms with van der Waals surface area (Å²) in [5.41, 5.74) is 0.222. The van der Waals surface area contributed by atoms with Crippen LogP contribution < -0.4 is 10.2 Å². The number of nitrogens with one attached hydrogen (secondary N) is 1. The van der Waals surface area contributed by atoms with Gasteiger partial charge in [-0.05, 0) is 38.4 Å². The average Bonchev–Trinajstić information content (AvgIpc) is 2.93. The van der Waals surface area contributed by atoms with E-state index in [0.29, 0.717) is 0 Å². The number of aromatic carboxylic acids is 2. The van der Waals surface area contributed by atoms with Crippen LogP contribution >= 0.6 is 0 Å². The molecule has 11 heteroatoms. The van der Waals surface area contributed by atoms with Crippen molar-refractivity contribution >= 4 is 17.8 Å². The number of nitrogens with zero attached hydrogens (tertiary/aromatic N) is 5. The molecule has 208 valence electrons. The van der Waals surface area contributed by atoms with Gasteiger partial charge in [0.05, 0.1) is 11.1 Å². The summed E-state index contributed by atoms with van der Waals surface area (Å²) in [5.74, 6) is -1.85. The number of carboxylic acid groups (broad SMARTS) is 2. The molecule has 2 aliphatic rings. The van der Waals surface area contributed by atoms with Gasteiger partial charge in [0.2, 0.25) is 5.95 Å². The summed E-state index contributed by atoms with van der Waals surface area (Å²) in [6.45, 7) is 16.7. The predicted molar refractivity (Wildman–Crippen MR) is 145 cm³/mol. The fourth-order valence-corrected chi connectivity index (χ4v) is 3.01. The van der Waals surface area contributed by atoms with Crippen molar-refractivity contribution in [1.29, 1.82) is 0 Å². The smallest absolute Gasteiger partial charge is 0.337 e. The Hall–Kier alpha value is -3.15. The number of carboxylic acids is 2. The maximum atomic E-state index is 12.0. The standard InChI is InChI=1S/C11H15N3O2.C6H4FNO2.C5H12N2.2C2H6/c1-13-4-6-14(7-5-13)10-3-2-9(8-12-10)11(15)16;7-5-2-1-4(3-8-5)6(9)10;1-7-4-2-6-3-5-7;2*1-2/h2-3,8H,4-7H2,1H3,(H,15,16);1-3H,(H,9,10);6H,2-5H2,1H3;2*1-2H3. The van der Waals surface area contributed by atoms with Gasteiger partial charge in [-0.1, -0.05) is 27.7 Å². The summed E-state index contributed by atoms with van der Waals surface area (Å²) in [7, 11) is 4.25. The van der Waals surface area contributed by atoms with Gasteiger partial charge >= 0.3 is 11.9 Å². The van der Waals surface area contributed by atoms with E-state index < -0.39 is 17.9 Å². The first-order valence-corrected chi connectivity index (χ1v) is 12.6. The number of anilines is 1. The number of aromatic nitrogens is 2. The Morgan fingerprint density at radius 2 is 1.22 bits per heavy atom. The Bertz CT molecular complexity index is 870. The molecule has 0 amide bonds. The molecule has 2 aliphatic heterocycles. The van der Waals surface area contributed by atoms with Gasteiger partial charge in [0.15, 0.2) is 0 Å². The second kappa shape index (κ2) is 20.0. The zero-order valence-corrected chi connectivity index (χ0v) is 22.9. The van der Waals surface area contributed by atoms with Crippen LogP contribution in [0.15, 0.2) is 36.7 Å². The van der Waals surface area contributed by atoms with E-state index in [1.54, 1.807) is 12.1 Å². The average molecular weight is 523 g/mol. The minimum absolute atomic E-state index is 0.0126. The number of pyridine rings is 2. The molecule has 2 saturated heterocycles. The Balaban J connectivity index is 0.000000529. The van der Waals surface area contributed by atoms with Crippen LogP contribution in [0.25, 0.3) is 0 Å². The zero-order valence-electron chi connectivity index (χ0n) is 22.9. The molecule has 10 nitrogen and oxygen atoms in total. The van der Waals surface area contributed by atoms with Gasteiger partial charge in [0, 0.05) is 64.8 Å². The Kier molecular flexibility index (Phi) is 18.3. The van der Waals surface area contributed by atoms with Gasteiger partial charge in [-0.15, -0.1) is 0 Å². The van der Waals surface area contributed by atoms with E-state index in [-0.39, 0.29) is 11.1 Å². The van der Waals surface area contributed by atoms with Crippen molar-refractivity contribution in [3.63, 3.8) is 0 Å². The number of likely N-dealkylation sites (N-methyl/N-ethyl adjacent to an activating group) is 2. The third-order valence-electron chi connectivity index (χ3n) is 5.14. The second-order valence-corrected chi connectivity index (χ2v) is 7.73. The quantitative estimate of drug-likeness (QED) is 0.519. The normalized spacial score (nSPS) is 15.2. The minimum atomic E-state index is -1.10. The van der Waals surface area contributed by atoms with E-state index in [4.69, 9.17) is 10.2 Å². The highest BCUT2D eigenvalue weighted by atomic mass is 19.1. The second-order valence-electron chi connectivity index (χ2n) is 7.73. The first-order valence-electron chi connectivity index (χ1n) is 12.6. The summed E-state index contributed by atoms with van der Waals surface area (Å²) in [5, 5.41) is 20.3. The molecule has 3 N–H and O–H groups in total. The SMILES string of the molecule is CC.CC.CN1CCN(c2ccc(C(=O)O)cn2)CC1.CN1CCNCC1.O=C(O)c1ccc(F)nc1. The van der Waals surface area contributed by atoms with Crippen molar-refractivity contribution < 1.29 is 24.2 Å². The molecule has 2 aromatic rings. The summed E-state index contributed by atoms with van der Waals surface area (Å²) >= 11 is 0.